The molecule has 3 heteroatoms. The highest BCUT2D eigenvalue weighted by Crippen LogP contribution is 2.33. The van der Waals surface area contributed by atoms with Crippen LogP contribution in [0.1, 0.15) is 37.6 Å². The van der Waals surface area contributed by atoms with Crippen molar-refractivity contribution in [2.75, 3.05) is 0 Å². The zero-order chi connectivity index (χ0) is 20.1. The molecule has 0 spiro atoms. The molecule has 0 saturated carbocycles. The molecule has 4 rings (SSSR count). The van der Waals surface area contributed by atoms with Crippen LogP contribution in [0.3, 0.4) is 0 Å². The van der Waals surface area contributed by atoms with E-state index in [1.165, 1.54) is 39.0 Å². The van der Waals surface area contributed by atoms with E-state index in [9.17, 15) is 0 Å². The fourth-order valence-electron chi connectivity index (χ4n) is 3.87. The summed E-state index contributed by atoms with van der Waals surface area (Å²) in [6, 6.07) is 17.7. The maximum Gasteiger partial charge on any atom is 0.218 e. The van der Waals surface area contributed by atoms with Gasteiger partial charge in [0.2, 0.25) is 11.2 Å². The van der Waals surface area contributed by atoms with Crippen molar-refractivity contribution in [3.05, 3.63) is 77.9 Å². The lowest BCUT2D eigenvalue weighted by molar-refractivity contribution is -0.574. The number of benzene rings is 2. The summed E-state index contributed by atoms with van der Waals surface area (Å²) in [7, 11) is 2.06. The van der Waals surface area contributed by atoms with Crippen LogP contribution in [0.2, 0.25) is 0 Å². The molecule has 0 N–H and O–H groups in total. The molecule has 0 aliphatic heterocycles. The second-order valence-corrected chi connectivity index (χ2v) is 8.68. The number of pyridine rings is 1. The minimum atomic E-state index is 0.0504. The van der Waals surface area contributed by atoms with Crippen molar-refractivity contribution in [3.63, 3.8) is 0 Å². The first kappa shape index (κ1) is 18.4. The Morgan fingerprint density at radius 1 is 0.964 bits per heavy atom. The molecule has 0 aliphatic rings. The number of imidazole rings is 1. The first-order valence-corrected chi connectivity index (χ1v) is 9.80. The Morgan fingerprint density at radius 3 is 2.39 bits per heavy atom. The zero-order valence-corrected chi connectivity index (χ0v) is 17.6. The predicted octanol–water partition coefficient (Wildman–Crippen LogP) is 5.43. The highest BCUT2D eigenvalue weighted by atomic mass is 15.0. The Labute approximate surface area is 167 Å². The first-order valence-electron chi connectivity index (χ1n) is 9.80. The van der Waals surface area contributed by atoms with Gasteiger partial charge in [0, 0.05) is 48.7 Å². The quantitative estimate of drug-likeness (QED) is 0.431. The Morgan fingerprint density at radius 2 is 1.71 bits per heavy atom. The monoisotopic (exact) mass is 370 g/mol. The van der Waals surface area contributed by atoms with Gasteiger partial charge in [-0.2, -0.15) is 4.57 Å². The zero-order valence-electron chi connectivity index (χ0n) is 17.6. The number of hydrogen-bond donors (Lipinski definition) is 0. The lowest BCUT2D eigenvalue weighted by Crippen LogP contribution is -2.36. The van der Waals surface area contributed by atoms with Crippen LogP contribution < -0.4 is 4.57 Å². The molecule has 142 valence electrons. The van der Waals surface area contributed by atoms with Gasteiger partial charge in [0.25, 0.3) is 0 Å². The molecular formula is C25H28N3+. The summed E-state index contributed by atoms with van der Waals surface area (Å²) < 4.78 is 4.49. The maximum absolute atomic E-state index is 4.36. The third kappa shape index (κ3) is 3.01. The summed E-state index contributed by atoms with van der Waals surface area (Å²) in [5, 5.41) is 1.25. The molecule has 2 heterocycles. The number of para-hydroxylation sites is 1. The molecule has 0 bridgehead atoms. The van der Waals surface area contributed by atoms with E-state index in [0.29, 0.717) is 0 Å². The van der Waals surface area contributed by atoms with Gasteiger partial charge >= 0.3 is 0 Å². The SMILES string of the molecule is Cc1c(-c2cncn2C)cc(C(C)(C)C)cc1-[n+]1c(C)ccc2ccccc21. The molecule has 0 amide bonds. The van der Waals surface area contributed by atoms with Gasteiger partial charge in [0.15, 0.2) is 5.69 Å². The van der Waals surface area contributed by atoms with Gasteiger partial charge < -0.3 is 4.57 Å². The number of fused-ring (bicyclic) bond motifs is 1. The van der Waals surface area contributed by atoms with Crippen molar-refractivity contribution in [2.24, 2.45) is 7.05 Å². The summed E-state index contributed by atoms with van der Waals surface area (Å²) in [5.41, 5.74) is 8.71. The van der Waals surface area contributed by atoms with Crippen molar-refractivity contribution in [1.29, 1.82) is 0 Å². The number of aromatic nitrogens is 3. The molecule has 0 fully saturated rings. The normalized spacial score (nSPS) is 11.9. The van der Waals surface area contributed by atoms with E-state index in [4.69, 9.17) is 0 Å². The Kier molecular flexibility index (Phi) is 4.34. The summed E-state index contributed by atoms with van der Waals surface area (Å²) >= 11 is 0. The summed E-state index contributed by atoms with van der Waals surface area (Å²) in [4.78, 5) is 4.36. The molecule has 4 aromatic rings. The second kappa shape index (κ2) is 6.59. The Bertz CT molecular complexity index is 1180. The number of rotatable bonds is 2. The summed E-state index contributed by atoms with van der Waals surface area (Å²) in [5.74, 6) is 0. The fraction of sp³-hybridized carbons (Fsp3) is 0.280. The average molecular weight is 371 g/mol. The van der Waals surface area contributed by atoms with Crippen LogP contribution in [-0.2, 0) is 12.5 Å². The number of nitrogens with zero attached hydrogens (tertiary/aromatic N) is 3. The topological polar surface area (TPSA) is 21.7 Å². The summed E-state index contributed by atoms with van der Waals surface area (Å²) in [6.45, 7) is 11.2. The molecule has 0 radical (unpaired) electrons. The van der Waals surface area contributed by atoms with Crippen molar-refractivity contribution < 1.29 is 4.57 Å². The van der Waals surface area contributed by atoms with Gasteiger partial charge in [-0.05, 0) is 36.1 Å². The molecule has 0 aliphatic carbocycles. The van der Waals surface area contributed by atoms with Gasteiger partial charge in [0.1, 0.15) is 0 Å². The second-order valence-electron chi connectivity index (χ2n) is 8.68. The molecule has 2 aromatic heterocycles. The van der Waals surface area contributed by atoms with Crippen LogP contribution >= 0.6 is 0 Å². The van der Waals surface area contributed by atoms with E-state index >= 15 is 0 Å². The van der Waals surface area contributed by atoms with Crippen LogP contribution in [0.5, 0.6) is 0 Å². The third-order valence-corrected chi connectivity index (χ3v) is 5.61. The lowest BCUT2D eigenvalue weighted by Gasteiger charge is -2.22. The average Bonchev–Trinajstić information content (AvgIpc) is 3.07. The van der Waals surface area contributed by atoms with Gasteiger partial charge in [-0.1, -0.05) is 32.9 Å². The van der Waals surface area contributed by atoms with Crippen LogP contribution in [-0.4, -0.2) is 9.55 Å². The Hall–Kier alpha value is -2.94. The third-order valence-electron chi connectivity index (χ3n) is 5.61. The number of aryl methyl sites for hydroxylation is 2. The predicted molar refractivity (Wildman–Crippen MR) is 116 cm³/mol. The highest BCUT2D eigenvalue weighted by Gasteiger charge is 2.25. The molecule has 3 nitrogen and oxygen atoms in total. The van der Waals surface area contributed by atoms with E-state index in [0.717, 1.165) is 5.69 Å². The smallest absolute Gasteiger partial charge is 0.218 e. The minimum Gasteiger partial charge on any atom is -0.334 e. The lowest BCUT2D eigenvalue weighted by atomic mass is 9.84. The van der Waals surface area contributed by atoms with E-state index in [1.807, 2.05) is 12.5 Å². The van der Waals surface area contributed by atoms with Gasteiger partial charge in [-0.3, -0.25) is 0 Å². The van der Waals surface area contributed by atoms with Crippen LogP contribution in [0, 0.1) is 13.8 Å². The van der Waals surface area contributed by atoms with Crippen LogP contribution in [0.25, 0.3) is 27.8 Å². The molecule has 0 saturated heterocycles. The molecule has 28 heavy (non-hydrogen) atoms. The standard InChI is InChI=1S/C25H28N3/c1-17-11-12-19-9-7-8-10-22(19)28(17)23-14-20(25(3,4)5)13-21(18(23)2)24-15-26-16-27(24)6/h7-16H,1-6H3/q+1. The highest BCUT2D eigenvalue weighted by molar-refractivity contribution is 5.77. The van der Waals surface area contributed by atoms with E-state index < -0.39 is 0 Å². The fourth-order valence-corrected chi connectivity index (χ4v) is 3.87. The molecule has 0 atom stereocenters. The van der Waals surface area contributed by atoms with Gasteiger partial charge in [0.05, 0.1) is 18.2 Å². The van der Waals surface area contributed by atoms with Crippen molar-refractivity contribution in [1.82, 2.24) is 9.55 Å². The first-order chi connectivity index (χ1) is 13.3. The Balaban J connectivity index is 2.11. The van der Waals surface area contributed by atoms with Crippen LogP contribution in [0.4, 0.5) is 0 Å². The maximum atomic E-state index is 4.36. The van der Waals surface area contributed by atoms with E-state index in [-0.39, 0.29) is 5.41 Å². The summed E-state index contributed by atoms with van der Waals surface area (Å²) in [6.07, 6.45) is 3.83. The molecule has 0 unspecified atom stereocenters. The molecular weight excluding hydrogens is 342 g/mol. The van der Waals surface area contributed by atoms with Crippen molar-refractivity contribution in [2.45, 2.75) is 40.0 Å². The van der Waals surface area contributed by atoms with E-state index in [1.54, 1.807) is 0 Å². The minimum absolute atomic E-state index is 0.0504. The van der Waals surface area contributed by atoms with Gasteiger partial charge in [-0.25, -0.2) is 4.98 Å². The van der Waals surface area contributed by atoms with Gasteiger partial charge in [-0.15, -0.1) is 0 Å². The van der Waals surface area contributed by atoms with Crippen molar-refractivity contribution >= 4 is 10.9 Å². The molecule has 2 aromatic carbocycles. The van der Waals surface area contributed by atoms with Crippen molar-refractivity contribution in [3.8, 4) is 16.9 Å². The largest absolute Gasteiger partial charge is 0.334 e. The number of hydrogen-bond acceptors (Lipinski definition) is 1. The van der Waals surface area contributed by atoms with E-state index in [2.05, 4.69) is 104 Å². The van der Waals surface area contributed by atoms with Crippen LogP contribution in [0.15, 0.2) is 61.1 Å².